The highest BCUT2D eigenvalue weighted by Crippen LogP contribution is 2.42. The maximum atomic E-state index is 2.58. The highest BCUT2D eigenvalue weighted by atomic mass is 32.1. The van der Waals surface area contributed by atoms with E-state index in [1.54, 1.807) is 0 Å². The standard InChI is InChI=1S/C37H24S9Si/c1-47(35-17-14-32(44-35)29-11-8-26(41-29)23-5-2-20-38-23,36-18-15-33(45-36)30-12-9-27(42-30)24-6-3-21-39-24)37-19-16-34(46-37)31-13-10-28(43-31)25-7-4-22-40-25/h2-22H,1H3. The van der Waals surface area contributed by atoms with Crippen molar-refractivity contribution < 1.29 is 0 Å². The van der Waals surface area contributed by atoms with Gasteiger partial charge in [0.05, 0.1) is 0 Å². The van der Waals surface area contributed by atoms with E-state index in [2.05, 4.69) is 132 Å². The van der Waals surface area contributed by atoms with Crippen LogP contribution in [-0.4, -0.2) is 8.07 Å². The third-order valence-electron chi connectivity index (χ3n) is 8.14. The molecule has 0 nitrogen and oxygen atoms in total. The van der Waals surface area contributed by atoms with Gasteiger partial charge >= 0.3 is 0 Å². The summed E-state index contributed by atoms with van der Waals surface area (Å²) in [4.78, 5) is 16.3. The zero-order valence-electron chi connectivity index (χ0n) is 24.8. The van der Waals surface area contributed by atoms with Crippen molar-refractivity contribution in [3.8, 4) is 58.5 Å². The monoisotopic (exact) mass is 784 g/mol. The van der Waals surface area contributed by atoms with Crippen molar-refractivity contribution in [2.24, 2.45) is 0 Å². The molecule has 0 radical (unpaired) electrons. The maximum Gasteiger partial charge on any atom is 0.181 e. The molecule has 9 rings (SSSR count). The second-order valence-corrected chi connectivity index (χ2v) is 25.3. The molecule has 0 fully saturated rings. The minimum atomic E-state index is -2.28. The quantitative estimate of drug-likeness (QED) is 0.128. The van der Waals surface area contributed by atoms with Gasteiger partial charge in [-0.3, -0.25) is 0 Å². The van der Waals surface area contributed by atoms with Gasteiger partial charge in [0.1, 0.15) is 0 Å². The molecule has 0 N–H and O–H groups in total. The molecule has 0 aliphatic heterocycles. The molecular formula is C37H24S9Si. The topological polar surface area (TPSA) is 0 Å². The van der Waals surface area contributed by atoms with Gasteiger partial charge in [0.15, 0.2) is 8.07 Å². The van der Waals surface area contributed by atoms with E-state index in [0.29, 0.717) is 0 Å². The predicted molar refractivity (Wildman–Crippen MR) is 223 cm³/mol. The highest BCUT2D eigenvalue weighted by Gasteiger charge is 2.39. The Balaban J connectivity index is 1.11. The average molecular weight is 785 g/mol. The Morgan fingerprint density at radius 2 is 0.553 bits per heavy atom. The number of hydrogen-bond acceptors (Lipinski definition) is 9. The fraction of sp³-hybridized carbons (Fsp3) is 0.0270. The van der Waals surface area contributed by atoms with Crippen molar-refractivity contribution >= 4 is 124 Å². The molecule has 9 aromatic heterocycles. The number of rotatable bonds is 9. The molecule has 9 heterocycles. The molecule has 0 unspecified atom stereocenters. The van der Waals surface area contributed by atoms with Gasteiger partial charge in [-0.1, -0.05) is 42.9 Å². The van der Waals surface area contributed by atoms with Gasteiger partial charge in [-0.25, -0.2) is 0 Å². The van der Waals surface area contributed by atoms with Crippen LogP contribution in [0.5, 0.6) is 0 Å². The first-order valence-electron chi connectivity index (χ1n) is 14.8. The summed E-state index contributed by atoms with van der Waals surface area (Å²) >= 11 is 17.2. The summed E-state index contributed by atoms with van der Waals surface area (Å²) in [6.07, 6.45) is 0. The Morgan fingerprint density at radius 3 is 0.830 bits per heavy atom. The van der Waals surface area contributed by atoms with Crippen molar-refractivity contribution in [3.63, 3.8) is 0 Å². The minimum Gasteiger partial charge on any atom is -0.143 e. The fourth-order valence-corrected chi connectivity index (χ4v) is 21.7. The molecule has 0 amide bonds. The first-order valence-corrected chi connectivity index (χ1v) is 24.9. The third kappa shape index (κ3) is 5.72. The molecule has 230 valence electrons. The van der Waals surface area contributed by atoms with Crippen LogP contribution in [0.15, 0.2) is 125 Å². The zero-order valence-corrected chi connectivity index (χ0v) is 33.1. The van der Waals surface area contributed by atoms with Crippen LogP contribution in [0.4, 0.5) is 0 Å². The molecule has 0 atom stereocenters. The first kappa shape index (κ1) is 30.6. The van der Waals surface area contributed by atoms with Gasteiger partial charge in [0, 0.05) is 72.0 Å². The summed E-state index contributed by atoms with van der Waals surface area (Å²) in [5.74, 6) is 0. The summed E-state index contributed by atoms with van der Waals surface area (Å²) in [5, 5.41) is 6.49. The second kappa shape index (κ2) is 12.8. The van der Waals surface area contributed by atoms with Crippen LogP contribution in [0.25, 0.3) is 58.5 Å². The van der Waals surface area contributed by atoms with E-state index in [0.717, 1.165) is 0 Å². The van der Waals surface area contributed by atoms with Gasteiger partial charge in [-0.15, -0.1) is 102 Å². The molecule has 0 bridgehead atoms. The van der Waals surface area contributed by atoms with Crippen LogP contribution in [0.2, 0.25) is 6.55 Å². The van der Waals surface area contributed by atoms with Crippen LogP contribution >= 0.6 is 102 Å². The smallest absolute Gasteiger partial charge is 0.143 e. The van der Waals surface area contributed by atoms with E-state index in [1.165, 1.54) is 72.0 Å². The highest BCUT2D eigenvalue weighted by molar-refractivity contribution is 7.48. The molecule has 47 heavy (non-hydrogen) atoms. The lowest BCUT2D eigenvalue weighted by Gasteiger charge is -2.24. The summed E-state index contributed by atoms with van der Waals surface area (Å²) in [6, 6.07) is 41.3. The molecule has 0 aliphatic carbocycles. The maximum absolute atomic E-state index is 2.58. The Hall–Kier alpha value is -2.48. The molecule has 0 saturated carbocycles. The fourth-order valence-electron chi connectivity index (χ4n) is 5.65. The number of thiophene rings is 9. The zero-order chi connectivity index (χ0) is 31.4. The van der Waals surface area contributed by atoms with Crippen molar-refractivity contribution in [1.82, 2.24) is 0 Å². The molecule has 0 aliphatic rings. The minimum absolute atomic E-state index is 1.35. The van der Waals surface area contributed by atoms with Gasteiger partial charge in [0.25, 0.3) is 0 Å². The van der Waals surface area contributed by atoms with Crippen LogP contribution in [0.1, 0.15) is 0 Å². The lowest BCUT2D eigenvalue weighted by atomic mass is 10.3. The Labute approximate surface area is 310 Å². The van der Waals surface area contributed by atoms with E-state index >= 15 is 0 Å². The van der Waals surface area contributed by atoms with Crippen molar-refractivity contribution in [3.05, 3.63) is 125 Å². The average Bonchev–Trinajstić information content (AvgIpc) is 3.96. The SMILES string of the molecule is C[Si](c1ccc(-c2ccc(-c3cccs3)s2)s1)(c1ccc(-c2ccc(-c3cccs3)s2)s1)c1ccc(-c2ccc(-c3cccs3)s2)s1. The van der Waals surface area contributed by atoms with E-state index in [1.807, 2.05) is 102 Å². The summed E-state index contributed by atoms with van der Waals surface area (Å²) < 4.78 is 4.57. The lowest BCUT2D eigenvalue weighted by molar-refractivity contribution is 1.89. The second-order valence-electron chi connectivity index (χ2n) is 11.0. The van der Waals surface area contributed by atoms with Crippen LogP contribution < -0.4 is 13.5 Å². The van der Waals surface area contributed by atoms with Gasteiger partial charge in [-0.05, 0) is 88.9 Å². The Bertz CT molecular complexity index is 2110. The summed E-state index contributed by atoms with van der Waals surface area (Å²) in [6.45, 7) is 2.58. The van der Waals surface area contributed by atoms with Gasteiger partial charge in [-0.2, -0.15) is 0 Å². The normalized spacial score (nSPS) is 11.9. The summed E-state index contributed by atoms with van der Waals surface area (Å²) in [7, 11) is -2.28. The Morgan fingerprint density at radius 1 is 0.298 bits per heavy atom. The molecule has 0 saturated heterocycles. The molecular weight excluding hydrogens is 761 g/mol. The Kier molecular flexibility index (Phi) is 8.30. The lowest BCUT2D eigenvalue weighted by Crippen LogP contribution is -2.61. The van der Waals surface area contributed by atoms with E-state index < -0.39 is 8.07 Å². The predicted octanol–water partition coefficient (Wildman–Crippen LogP) is 13.3. The van der Waals surface area contributed by atoms with E-state index in [-0.39, 0.29) is 0 Å². The van der Waals surface area contributed by atoms with Crippen molar-refractivity contribution in [2.75, 3.05) is 0 Å². The van der Waals surface area contributed by atoms with Crippen molar-refractivity contribution in [2.45, 2.75) is 6.55 Å². The molecule has 9 aromatic rings. The first-order chi connectivity index (χ1) is 23.1. The van der Waals surface area contributed by atoms with Crippen molar-refractivity contribution in [1.29, 1.82) is 0 Å². The van der Waals surface area contributed by atoms with Crippen LogP contribution in [0.3, 0.4) is 0 Å². The van der Waals surface area contributed by atoms with Crippen LogP contribution in [-0.2, 0) is 0 Å². The number of hydrogen-bond donors (Lipinski definition) is 0. The largest absolute Gasteiger partial charge is 0.181 e. The molecule has 10 heteroatoms. The summed E-state index contributed by atoms with van der Waals surface area (Å²) in [5.41, 5.74) is 0. The molecule has 0 aromatic carbocycles. The van der Waals surface area contributed by atoms with E-state index in [9.17, 15) is 0 Å². The van der Waals surface area contributed by atoms with E-state index in [4.69, 9.17) is 0 Å². The van der Waals surface area contributed by atoms with Gasteiger partial charge < -0.3 is 0 Å². The molecule has 0 spiro atoms. The van der Waals surface area contributed by atoms with Gasteiger partial charge in [0.2, 0.25) is 0 Å². The third-order valence-corrected chi connectivity index (χ3v) is 25.9. The van der Waals surface area contributed by atoms with Crippen LogP contribution in [0, 0.1) is 0 Å².